The Morgan fingerprint density at radius 3 is 2.43 bits per heavy atom. The molecule has 0 N–H and O–H groups in total. The minimum Gasteiger partial charge on any atom is -0.496 e. The van der Waals surface area contributed by atoms with E-state index in [0.717, 1.165) is 19.2 Å². The second kappa shape index (κ2) is 3.69. The summed E-state index contributed by atoms with van der Waals surface area (Å²) in [5, 5.41) is 0. The third-order valence-corrected chi connectivity index (χ3v) is 1.67. The first kappa shape index (κ1) is 10.6. The monoisotopic (exact) mass is 204 g/mol. The first-order valence-electron chi connectivity index (χ1n) is 3.69. The highest BCUT2D eigenvalue weighted by molar-refractivity contribution is 5.75. The molecule has 1 aromatic carbocycles. The van der Waals surface area contributed by atoms with Crippen LogP contribution < -0.4 is 4.74 Å². The Labute approximate surface area is 78.3 Å². The standard InChI is InChI=1S/C9H7F3O2/c1-14-8-3-2-6(5-13)4-7(8)9(10,11)12/h2-5H,1H3. The zero-order valence-corrected chi connectivity index (χ0v) is 7.26. The van der Waals surface area contributed by atoms with Crippen molar-refractivity contribution in [3.8, 4) is 5.75 Å². The third kappa shape index (κ3) is 2.04. The van der Waals surface area contributed by atoms with Crippen LogP contribution in [0.5, 0.6) is 5.75 Å². The van der Waals surface area contributed by atoms with Gasteiger partial charge in [-0.2, -0.15) is 13.2 Å². The molecule has 2 nitrogen and oxygen atoms in total. The van der Waals surface area contributed by atoms with E-state index in [1.807, 2.05) is 0 Å². The molecule has 14 heavy (non-hydrogen) atoms. The van der Waals surface area contributed by atoms with Crippen molar-refractivity contribution in [1.82, 2.24) is 0 Å². The predicted octanol–water partition coefficient (Wildman–Crippen LogP) is 2.53. The maximum absolute atomic E-state index is 12.4. The molecule has 5 heteroatoms. The zero-order chi connectivity index (χ0) is 10.8. The first-order chi connectivity index (χ1) is 6.49. The van der Waals surface area contributed by atoms with E-state index in [4.69, 9.17) is 0 Å². The summed E-state index contributed by atoms with van der Waals surface area (Å²) in [7, 11) is 1.14. The smallest absolute Gasteiger partial charge is 0.419 e. The van der Waals surface area contributed by atoms with Crippen LogP contribution in [-0.4, -0.2) is 13.4 Å². The van der Waals surface area contributed by atoms with Crippen LogP contribution in [0.15, 0.2) is 18.2 Å². The van der Waals surface area contributed by atoms with E-state index in [0.29, 0.717) is 6.29 Å². The van der Waals surface area contributed by atoms with E-state index in [1.54, 1.807) is 0 Å². The minimum absolute atomic E-state index is 0.0295. The van der Waals surface area contributed by atoms with Crippen LogP contribution in [0.2, 0.25) is 0 Å². The van der Waals surface area contributed by atoms with Gasteiger partial charge in [0.05, 0.1) is 12.7 Å². The molecule has 0 bridgehead atoms. The lowest BCUT2D eigenvalue weighted by molar-refractivity contribution is -0.138. The summed E-state index contributed by atoms with van der Waals surface area (Å²) in [6.45, 7) is 0. The molecule has 0 aliphatic carbocycles. The van der Waals surface area contributed by atoms with Crippen molar-refractivity contribution < 1.29 is 22.7 Å². The van der Waals surface area contributed by atoms with Gasteiger partial charge in [-0.1, -0.05) is 0 Å². The summed E-state index contributed by atoms with van der Waals surface area (Å²) in [5.74, 6) is -0.289. The molecule has 0 aliphatic heterocycles. The van der Waals surface area contributed by atoms with Gasteiger partial charge in [0.2, 0.25) is 0 Å². The summed E-state index contributed by atoms with van der Waals surface area (Å²) in [6.07, 6.45) is -4.15. The molecule has 0 heterocycles. The van der Waals surface area contributed by atoms with Gasteiger partial charge in [-0.15, -0.1) is 0 Å². The number of alkyl halides is 3. The molecule has 0 aliphatic rings. The van der Waals surface area contributed by atoms with Crippen LogP contribution in [0.3, 0.4) is 0 Å². The Balaban J connectivity index is 3.29. The fraction of sp³-hybridized carbons (Fsp3) is 0.222. The number of rotatable bonds is 2. The minimum atomic E-state index is -4.51. The SMILES string of the molecule is COc1ccc(C=O)cc1C(F)(F)F. The average Bonchev–Trinajstić information content (AvgIpc) is 2.15. The van der Waals surface area contributed by atoms with Gasteiger partial charge >= 0.3 is 6.18 Å². The molecule has 0 saturated carbocycles. The van der Waals surface area contributed by atoms with Gasteiger partial charge in [0, 0.05) is 5.56 Å². The lowest BCUT2D eigenvalue weighted by atomic mass is 10.1. The molecule has 0 fully saturated rings. The van der Waals surface area contributed by atoms with Crippen LogP contribution in [0.4, 0.5) is 13.2 Å². The van der Waals surface area contributed by atoms with Crippen LogP contribution in [0.1, 0.15) is 15.9 Å². The lowest BCUT2D eigenvalue weighted by Crippen LogP contribution is -2.08. The molecule has 76 valence electrons. The molecule has 0 aromatic heterocycles. The molecule has 0 spiro atoms. The van der Waals surface area contributed by atoms with Crippen molar-refractivity contribution in [3.63, 3.8) is 0 Å². The summed E-state index contributed by atoms with van der Waals surface area (Å²) in [4.78, 5) is 10.3. The summed E-state index contributed by atoms with van der Waals surface area (Å²) in [6, 6.07) is 3.14. The molecule has 0 atom stereocenters. The van der Waals surface area contributed by atoms with Crippen molar-refractivity contribution in [2.24, 2.45) is 0 Å². The highest BCUT2D eigenvalue weighted by atomic mass is 19.4. The second-order valence-electron chi connectivity index (χ2n) is 2.58. The normalized spacial score (nSPS) is 11.1. The lowest BCUT2D eigenvalue weighted by Gasteiger charge is -2.11. The van der Waals surface area contributed by atoms with Gasteiger partial charge in [-0.3, -0.25) is 4.79 Å². The number of carbonyl (C=O) groups excluding carboxylic acids is 1. The number of hydrogen-bond acceptors (Lipinski definition) is 2. The van der Waals surface area contributed by atoms with Crippen molar-refractivity contribution in [2.45, 2.75) is 6.18 Å². The van der Waals surface area contributed by atoms with Gasteiger partial charge in [-0.05, 0) is 18.2 Å². The molecular formula is C9H7F3O2. The summed E-state index contributed by atoms with van der Waals surface area (Å²) < 4.78 is 41.6. The zero-order valence-electron chi connectivity index (χ0n) is 7.26. The highest BCUT2D eigenvalue weighted by Gasteiger charge is 2.34. The Hall–Kier alpha value is -1.52. The van der Waals surface area contributed by atoms with E-state index in [2.05, 4.69) is 4.74 Å². The first-order valence-corrected chi connectivity index (χ1v) is 3.69. The van der Waals surface area contributed by atoms with E-state index >= 15 is 0 Å². The molecule has 1 rings (SSSR count). The number of methoxy groups -OCH3 is 1. The number of hydrogen-bond donors (Lipinski definition) is 0. The summed E-state index contributed by atoms with van der Waals surface area (Å²) in [5.41, 5.74) is -0.970. The van der Waals surface area contributed by atoms with E-state index < -0.39 is 11.7 Å². The Kier molecular flexibility index (Phi) is 2.78. The average molecular weight is 204 g/mol. The predicted molar refractivity (Wildman–Crippen MR) is 43.4 cm³/mol. The fourth-order valence-corrected chi connectivity index (χ4v) is 1.02. The van der Waals surface area contributed by atoms with Crippen LogP contribution >= 0.6 is 0 Å². The number of ether oxygens (including phenoxy) is 1. The van der Waals surface area contributed by atoms with Crippen molar-refractivity contribution in [2.75, 3.05) is 7.11 Å². The molecule has 0 saturated heterocycles. The van der Waals surface area contributed by atoms with Gasteiger partial charge < -0.3 is 4.74 Å². The highest BCUT2D eigenvalue weighted by Crippen LogP contribution is 2.36. The summed E-state index contributed by atoms with van der Waals surface area (Å²) >= 11 is 0. The van der Waals surface area contributed by atoms with E-state index in [1.165, 1.54) is 6.07 Å². The van der Waals surface area contributed by atoms with Gasteiger partial charge in [0.1, 0.15) is 12.0 Å². The van der Waals surface area contributed by atoms with Gasteiger partial charge in [0.25, 0.3) is 0 Å². The van der Waals surface area contributed by atoms with Crippen LogP contribution in [0.25, 0.3) is 0 Å². The second-order valence-corrected chi connectivity index (χ2v) is 2.58. The Morgan fingerprint density at radius 1 is 1.36 bits per heavy atom. The van der Waals surface area contributed by atoms with Gasteiger partial charge in [-0.25, -0.2) is 0 Å². The van der Waals surface area contributed by atoms with Crippen molar-refractivity contribution >= 4 is 6.29 Å². The maximum Gasteiger partial charge on any atom is 0.419 e. The van der Waals surface area contributed by atoms with Crippen LogP contribution in [-0.2, 0) is 6.18 Å². The number of benzene rings is 1. The molecule has 0 unspecified atom stereocenters. The third-order valence-electron chi connectivity index (χ3n) is 1.67. The molecule has 0 radical (unpaired) electrons. The molecular weight excluding hydrogens is 197 g/mol. The maximum atomic E-state index is 12.4. The molecule has 0 amide bonds. The van der Waals surface area contributed by atoms with Crippen LogP contribution in [0, 0.1) is 0 Å². The van der Waals surface area contributed by atoms with Gasteiger partial charge in [0.15, 0.2) is 0 Å². The fourth-order valence-electron chi connectivity index (χ4n) is 1.02. The Morgan fingerprint density at radius 2 is 2.00 bits per heavy atom. The van der Waals surface area contributed by atoms with Crippen molar-refractivity contribution in [3.05, 3.63) is 29.3 Å². The largest absolute Gasteiger partial charge is 0.496 e. The number of halogens is 3. The van der Waals surface area contributed by atoms with Crippen molar-refractivity contribution in [1.29, 1.82) is 0 Å². The quantitative estimate of drug-likeness (QED) is 0.692. The Bertz CT molecular complexity index is 344. The number of aldehydes is 1. The van der Waals surface area contributed by atoms with E-state index in [9.17, 15) is 18.0 Å². The van der Waals surface area contributed by atoms with E-state index in [-0.39, 0.29) is 11.3 Å². The number of carbonyl (C=O) groups is 1. The molecule has 1 aromatic rings. The topological polar surface area (TPSA) is 26.3 Å².